The van der Waals surface area contributed by atoms with E-state index >= 15 is 0 Å². The number of carbonyl (C=O) groups is 1. The second-order valence-corrected chi connectivity index (χ2v) is 7.50. The highest BCUT2D eigenvalue weighted by Gasteiger charge is 2.12. The van der Waals surface area contributed by atoms with Gasteiger partial charge in [-0.3, -0.25) is 4.79 Å². The van der Waals surface area contributed by atoms with E-state index in [1.165, 1.54) is 6.26 Å². The molecule has 0 fully saturated rings. The van der Waals surface area contributed by atoms with Gasteiger partial charge in [0.25, 0.3) is 0 Å². The van der Waals surface area contributed by atoms with E-state index in [0.29, 0.717) is 10.7 Å². The molecule has 0 aliphatic carbocycles. The molecule has 0 bridgehead atoms. The lowest BCUT2D eigenvalue weighted by Gasteiger charge is -2.13. The van der Waals surface area contributed by atoms with E-state index in [0.717, 1.165) is 5.56 Å². The van der Waals surface area contributed by atoms with Gasteiger partial charge in [-0.25, -0.2) is 8.42 Å². The van der Waals surface area contributed by atoms with Crippen LogP contribution in [0, 0.1) is 6.92 Å². The Labute approximate surface area is 124 Å². The summed E-state index contributed by atoms with van der Waals surface area (Å²) < 4.78 is 22.2. The maximum absolute atomic E-state index is 11.8. The Morgan fingerprint density at radius 2 is 2.05 bits per heavy atom. The van der Waals surface area contributed by atoms with Crippen molar-refractivity contribution < 1.29 is 13.2 Å². The Bertz CT molecular complexity index is 587. The number of halogens is 1. The molecule has 0 saturated carbocycles. The highest BCUT2D eigenvalue weighted by Crippen LogP contribution is 2.19. The summed E-state index contributed by atoms with van der Waals surface area (Å²) in [4.78, 5) is 11.8. The molecule has 7 heteroatoms. The molecule has 0 radical (unpaired) electrons. The molecule has 0 saturated heterocycles. The van der Waals surface area contributed by atoms with E-state index in [2.05, 4.69) is 10.6 Å². The number of hydrogen-bond acceptors (Lipinski definition) is 4. The van der Waals surface area contributed by atoms with Crippen molar-refractivity contribution in [2.45, 2.75) is 19.9 Å². The highest BCUT2D eigenvalue weighted by molar-refractivity contribution is 7.90. The molecule has 1 amide bonds. The third kappa shape index (κ3) is 6.36. The first-order chi connectivity index (χ1) is 9.17. The summed E-state index contributed by atoms with van der Waals surface area (Å²) in [6.07, 6.45) is 1.17. The van der Waals surface area contributed by atoms with Crippen LogP contribution in [0.2, 0.25) is 5.02 Å². The zero-order valence-electron chi connectivity index (χ0n) is 11.7. The number of rotatable bonds is 6. The Balaban J connectivity index is 2.50. The molecule has 5 nitrogen and oxygen atoms in total. The zero-order valence-corrected chi connectivity index (χ0v) is 13.3. The van der Waals surface area contributed by atoms with Crippen LogP contribution in [0.25, 0.3) is 0 Å². The van der Waals surface area contributed by atoms with Gasteiger partial charge in [-0.1, -0.05) is 17.7 Å². The van der Waals surface area contributed by atoms with E-state index in [4.69, 9.17) is 11.6 Å². The summed E-state index contributed by atoms with van der Waals surface area (Å²) in [5.41, 5.74) is 1.56. The monoisotopic (exact) mass is 318 g/mol. The van der Waals surface area contributed by atoms with Crippen LogP contribution >= 0.6 is 11.6 Å². The van der Waals surface area contributed by atoms with Crippen LogP contribution < -0.4 is 10.6 Å². The fourth-order valence-corrected chi connectivity index (χ4v) is 2.90. The van der Waals surface area contributed by atoms with Gasteiger partial charge in [-0.2, -0.15) is 0 Å². The van der Waals surface area contributed by atoms with Gasteiger partial charge in [0.2, 0.25) is 5.91 Å². The summed E-state index contributed by atoms with van der Waals surface area (Å²) in [5.74, 6) is -0.244. The molecule has 0 aliphatic heterocycles. The van der Waals surface area contributed by atoms with Crippen LogP contribution in [0.3, 0.4) is 0 Å². The molecule has 1 atom stereocenters. The first kappa shape index (κ1) is 16.9. The van der Waals surface area contributed by atoms with E-state index in [1.807, 2.05) is 13.0 Å². The van der Waals surface area contributed by atoms with Crippen molar-refractivity contribution in [2.24, 2.45) is 0 Å². The number of benzene rings is 1. The molecule has 0 heterocycles. The third-order valence-electron chi connectivity index (χ3n) is 2.64. The van der Waals surface area contributed by atoms with Crippen molar-refractivity contribution in [1.82, 2.24) is 5.32 Å². The van der Waals surface area contributed by atoms with Gasteiger partial charge >= 0.3 is 0 Å². The number of nitrogens with one attached hydrogen (secondary N) is 2. The Hall–Kier alpha value is -1.11. The molecule has 20 heavy (non-hydrogen) atoms. The van der Waals surface area contributed by atoms with Crippen LogP contribution in [0.15, 0.2) is 18.2 Å². The molecule has 0 spiro atoms. The van der Waals surface area contributed by atoms with Gasteiger partial charge in [0.05, 0.1) is 12.3 Å². The van der Waals surface area contributed by atoms with Crippen molar-refractivity contribution >= 4 is 33.0 Å². The largest absolute Gasteiger partial charge is 0.325 e. The second kappa shape index (κ2) is 7.06. The molecular formula is C13H19ClN2O3S. The lowest BCUT2D eigenvalue weighted by Crippen LogP contribution is -2.38. The van der Waals surface area contributed by atoms with Crippen LogP contribution in [0.5, 0.6) is 0 Å². The molecule has 1 unspecified atom stereocenters. The Kier molecular flexibility index (Phi) is 5.98. The van der Waals surface area contributed by atoms with E-state index < -0.39 is 9.84 Å². The number of hydrogen-bond donors (Lipinski definition) is 2. The van der Waals surface area contributed by atoms with Crippen LogP contribution in [-0.2, 0) is 14.6 Å². The number of anilines is 1. The highest BCUT2D eigenvalue weighted by atomic mass is 35.5. The third-order valence-corrected chi connectivity index (χ3v) is 3.98. The fourth-order valence-electron chi connectivity index (χ4n) is 1.70. The maximum atomic E-state index is 11.8. The molecule has 0 aliphatic rings. The average molecular weight is 319 g/mol. The van der Waals surface area contributed by atoms with Crippen LogP contribution in [-0.4, -0.2) is 38.9 Å². The summed E-state index contributed by atoms with van der Waals surface area (Å²) in [5, 5.41) is 6.15. The number of amides is 1. The lowest BCUT2D eigenvalue weighted by atomic mass is 10.2. The van der Waals surface area contributed by atoms with E-state index in [-0.39, 0.29) is 24.2 Å². The minimum absolute atomic E-state index is 0.00350. The minimum Gasteiger partial charge on any atom is -0.325 e. The zero-order chi connectivity index (χ0) is 15.3. The topological polar surface area (TPSA) is 75.3 Å². The van der Waals surface area contributed by atoms with Gasteiger partial charge in [-0.15, -0.1) is 0 Å². The quantitative estimate of drug-likeness (QED) is 0.835. The molecule has 1 rings (SSSR count). The summed E-state index contributed by atoms with van der Waals surface area (Å²) in [7, 11) is -3.05. The fraction of sp³-hybridized carbons (Fsp3) is 0.462. The number of sulfone groups is 1. The number of aryl methyl sites for hydroxylation is 1. The molecule has 112 valence electrons. The smallest absolute Gasteiger partial charge is 0.238 e. The van der Waals surface area contributed by atoms with E-state index in [9.17, 15) is 13.2 Å². The van der Waals surface area contributed by atoms with Crippen molar-refractivity contribution in [3.8, 4) is 0 Å². The van der Waals surface area contributed by atoms with Gasteiger partial charge in [-0.05, 0) is 31.5 Å². The van der Waals surface area contributed by atoms with Crippen LogP contribution in [0.4, 0.5) is 5.69 Å². The van der Waals surface area contributed by atoms with Crippen molar-refractivity contribution in [3.63, 3.8) is 0 Å². The summed E-state index contributed by atoms with van der Waals surface area (Å²) in [6, 6.07) is 4.96. The van der Waals surface area contributed by atoms with Gasteiger partial charge in [0.15, 0.2) is 0 Å². The Morgan fingerprint density at radius 1 is 1.40 bits per heavy atom. The van der Waals surface area contributed by atoms with Crippen molar-refractivity contribution in [3.05, 3.63) is 28.8 Å². The maximum Gasteiger partial charge on any atom is 0.238 e. The van der Waals surface area contributed by atoms with Gasteiger partial charge in [0, 0.05) is 23.0 Å². The van der Waals surface area contributed by atoms with E-state index in [1.54, 1.807) is 19.1 Å². The van der Waals surface area contributed by atoms with Gasteiger partial charge < -0.3 is 10.6 Å². The molecule has 1 aromatic rings. The second-order valence-electron chi connectivity index (χ2n) is 4.88. The first-order valence-corrected chi connectivity index (χ1v) is 8.58. The average Bonchev–Trinajstić information content (AvgIpc) is 2.29. The predicted octanol–water partition coefficient (Wildman–Crippen LogP) is 1.61. The summed E-state index contributed by atoms with van der Waals surface area (Å²) >= 11 is 5.87. The van der Waals surface area contributed by atoms with Crippen LogP contribution in [0.1, 0.15) is 12.5 Å². The molecule has 2 N–H and O–H groups in total. The first-order valence-electron chi connectivity index (χ1n) is 6.14. The number of carbonyl (C=O) groups excluding carboxylic acids is 1. The van der Waals surface area contributed by atoms with Gasteiger partial charge in [0.1, 0.15) is 9.84 Å². The normalized spacial score (nSPS) is 13.0. The summed E-state index contributed by atoms with van der Waals surface area (Å²) in [6.45, 7) is 3.63. The molecular weight excluding hydrogens is 300 g/mol. The standard InChI is InChI=1S/C13H19ClN2O3S/c1-9-4-5-11(14)6-12(9)16-13(17)7-15-10(2)8-20(3,18)19/h4-6,10,15H,7-8H2,1-3H3,(H,16,17). The molecule has 0 aromatic heterocycles. The lowest BCUT2D eigenvalue weighted by molar-refractivity contribution is -0.115. The SMILES string of the molecule is Cc1ccc(Cl)cc1NC(=O)CNC(C)CS(C)(=O)=O. The van der Waals surface area contributed by atoms with Crippen molar-refractivity contribution in [2.75, 3.05) is 23.9 Å². The molecule has 1 aromatic carbocycles. The predicted molar refractivity (Wildman–Crippen MR) is 82.0 cm³/mol. The minimum atomic E-state index is -3.05. The van der Waals surface area contributed by atoms with Crippen molar-refractivity contribution in [1.29, 1.82) is 0 Å². The Morgan fingerprint density at radius 3 is 2.65 bits per heavy atom.